The third kappa shape index (κ3) is 3.61. The van der Waals surface area contributed by atoms with Gasteiger partial charge in [-0.05, 0) is 43.3 Å². The summed E-state index contributed by atoms with van der Waals surface area (Å²) in [7, 11) is 1.67. The number of benzene rings is 2. The van der Waals surface area contributed by atoms with Crippen LogP contribution >= 0.6 is 22.7 Å². The average molecular weight is 380 g/mol. The van der Waals surface area contributed by atoms with Gasteiger partial charge in [-0.25, -0.2) is 9.97 Å². The normalized spacial score (nSPS) is 10.7. The number of hydrogen-bond acceptors (Lipinski definition) is 6. The Labute approximate surface area is 160 Å². The predicted molar refractivity (Wildman–Crippen MR) is 110 cm³/mol. The topological polar surface area (TPSA) is 47.0 Å². The van der Waals surface area contributed by atoms with E-state index in [1.165, 1.54) is 0 Å². The minimum absolute atomic E-state index is 0.845. The van der Waals surface area contributed by atoms with Gasteiger partial charge in [0.1, 0.15) is 5.75 Å². The minimum Gasteiger partial charge on any atom is -0.497 e. The second-order valence-corrected chi connectivity index (χ2v) is 7.64. The van der Waals surface area contributed by atoms with Crippen LogP contribution in [0.5, 0.6) is 5.75 Å². The maximum Gasteiger partial charge on any atom is 0.187 e. The first kappa shape index (κ1) is 16.8. The second-order valence-electron chi connectivity index (χ2n) is 5.72. The third-order valence-electron chi connectivity index (χ3n) is 3.94. The molecular weight excluding hydrogens is 362 g/mol. The second kappa shape index (κ2) is 7.27. The number of rotatable bonds is 5. The van der Waals surface area contributed by atoms with Crippen LogP contribution < -0.4 is 10.1 Å². The number of hydrogen-bond donors (Lipinski definition) is 1. The van der Waals surface area contributed by atoms with E-state index in [0.29, 0.717) is 0 Å². The van der Waals surface area contributed by atoms with Gasteiger partial charge in [-0.2, -0.15) is 0 Å². The molecular formula is C20H17N3OS2. The van der Waals surface area contributed by atoms with Gasteiger partial charge >= 0.3 is 0 Å². The molecule has 4 aromatic rings. The highest BCUT2D eigenvalue weighted by atomic mass is 32.1. The van der Waals surface area contributed by atoms with Gasteiger partial charge in [0.15, 0.2) is 5.13 Å². The molecule has 0 amide bonds. The maximum atomic E-state index is 5.20. The van der Waals surface area contributed by atoms with Gasteiger partial charge in [0, 0.05) is 27.6 Å². The molecule has 2 heterocycles. The van der Waals surface area contributed by atoms with E-state index >= 15 is 0 Å². The minimum atomic E-state index is 0.845. The van der Waals surface area contributed by atoms with Crippen LogP contribution in [-0.4, -0.2) is 17.1 Å². The Balaban J connectivity index is 1.48. The highest BCUT2D eigenvalue weighted by molar-refractivity contribution is 7.14. The average Bonchev–Trinajstić information content (AvgIpc) is 3.32. The molecule has 26 heavy (non-hydrogen) atoms. The molecule has 4 nitrogen and oxygen atoms in total. The number of aromatic nitrogens is 2. The van der Waals surface area contributed by atoms with Crippen molar-refractivity contribution in [2.75, 3.05) is 12.4 Å². The molecule has 0 aliphatic heterocycles. The van der Waals surface area contributed by atoms with Crippen LogP contribution in [0.25, 0.3) is 22.5 Å². The first-order valence-electron chi connectivity index (χ1n) is 8.11. The van der Waals surface area contributed by atoms with Crippen LogP contribution in [0.4, 0.5) is 10.8 Å². The highest BCUT2D eigenvalue weighted by Gasteiger charge is 2.06. The molecule has 0 unspecified atom stereocenters. The van der Waals surface area contributed by atoms with Crippen LogP contribution in [0, 0.1) is 6.92 Å². The Hall–Kier alpha value is -2.70. The van der Waals surface area contributed by atoms with Crippen molar-refractivity contribution in [1.29, 1.82) is 0 Å². The molecule has 0 radical (unpaired) electrons. The van der Waals surface area contributed by atoms with Crippen molar-refractivity contribution < 1.29 is 4.74 Å². The molecule has 2 aromatic heterocycles. The van der Waals surface area contributed by atoms with Gasteiger partial charge in [-0.3, -0.25) is 0 Å². The van der Waals surface area contributed by atoms with Crippen LogP contribution in [-0.2, 0) is 0 Å². The van der Waals surface area contributed by atoms with Crippen molar-refractivity contribution in [3.63, 3.8) is 0 Å². The zero-order valence-electron chi connectivity index (χ0n) is 14.4. The largest absolute Gasteiger partial charge is 0.497 e. The third-order valence-corrected chi connectivity index (χ3v) is 5.47. The summed E-state index contributed by atoms with van der Waals surface area (Å²) in [5.74, 6) is 0.845. The van der Waals surface area contributed by atoms with Gasteiger partial charge in [-0.1, -0.05) is 12.1 Å². The summed E-state index contributed by atoms with van der Waals surface area (Å²) in [5, 5.41) is 9.45. The number of nitrogens with one attached hydrogen (secondary N) is 1. The van der Waals surface area contributed by atoms with Crippen LogP contribution in [0.15, 0.2) is 59.3 Å². The van der Waals surface area contributed by atoms with E-state index in [1.54, 1.807) is 29.8 Å². The molecule has 130 valence electrons. The summed E-state index contributed by atoms with van der Waals surface area (Å²) in [4.78, 5) is 9.19. The lowest BCUT2D eigenvalue weighted by atomic mass is 10.1. The Bertz CT molecular complexity index is 1000. The standard InChI is InChI=1S/C20H17N3OS2/c1-13-21-18(11-25-13)14-3-7-16(8-4-14)22-20-23-19(12-26-20)15-5-9-17(24-2)10-6-15/h3-12H,1-2H3,(H,22,23). The first-order valence-corrected chi connectivity index (χ1v) is 9.87. The Morgan fingerprint density at radius 2 is 1.42 bits per heavy atom. The summed E-state index contributed by atoms with van der Waals surface area (Å²) < 4.78 is 5.20. The van der Waals surface area contributed by atoms with Gasteiger partial charge in [0.2, 0.25) is 0 Å². The zero-order valence-corrected chi connectivity index (χ0v) is 16.0. The van der Waals surface area contributed by atoms with Crippen molar-refractivity contribution in [1.82, 2.24) is 9.97 Å². The van der Waals surface area contributed by atoms with Gasteiger partial charge in [0.25, 0.3) is 0 Å². The number of methoxy groups -OCH3 is 1. The molecule has 0 aliphatic carbocycles. The molecule has 0 spiro atoms. The molecule has 0 bridgehead atoms. The summed E-state index contributed by atoms with van der Waals surface area (Å²) in [6.45, 7) is 2.02. The fourth-order valence-electron chi connectivity index (χ4n) is 2.57. The molecule has 4 rings (SSSR count). The maximum absolute atomic E-state index is 5.20. The van der Waals surface area contributed by atoms with Gasteiger partial charge < -0.3 is 10.1 Å². The quantitative estimate of drug-likeness (QED) is 0.462. The van der Waals surface area contributed by atoms with Crippen molar-refractivity contribution in [3.8, 4) is 28.3 Å². The summed E-state index contributed by atoms with van der Waals surface area (Å²) in [5.41, 5.74) is 5.18. The Kier molecular flexibility index (Phi) is 4.69. The van der Waals surface area contributed by atoms with Crippen molar-refractivity contribution in [2.24, 2.45) is 0 Å². The fraction of sp³-hybridized carbons (Fsp3) is 0.100. The molecule has 1 N–H and O–H groups in total. The Morgan fingerprint density at radius 1 is 0.808 bits per heavy atom. The summed E-state index contributed by atoms with van der Waals surface area (Å²) in [6.07, 6.45) is 0. The van der Waals surface area contributed by atoms with E-state index < -0.39 is 0 Å². The lowest BCUT2D eigenvalue weighted by Crippen LogP contribution is -1.90. The molecule has 0 saturated carbocycles. The number of anilines is 2. The monoisotopic (exact) mass is 379 g/mol. The van der Waals surface area contributed by atoms with Crippen molar-refractivity contribution in [2.45, 2.75) is 6.92 Å². The predicted octanol–water partition coefficient (Wildman–Crippen LogP) is 5.99. The van der Waals surface area contributed by atoms with Crippen LogP contribution in [0.1, 0.15) is 5.01 Å². The molecule has 2 aromatic carbocycles. The molecule has 0 fully saturated rings. The van der Waals surface area contributed by atoms with E-state index in [0.717, 1.165) is 44.1 Å². The van der Waals surface area contributed by atoms with Crippen molar-refractivity contribution in [3.05, 3.63) is 64.3 Å². The lowest BCUT2D eigenvalue weighted by Gasteiger charge is -2.04. The van der Waals surface area contributed by atoms with Gasteiger partial charge in [0.05, 0.1) is 23.5 Å². The van der Waals surface area contributed by atoms with E-state index in [2.05, 4.69) is 50.3 Å². The fourth-order valence-corrected chi connectivity index (χ4v) is 3.93. The highest BCUT2D eigenvalue weighted by Crippen LogP contribution is 2.29. The molecule has 6 heteroatoms. The number of ether oxygens (including phenoxy) is 1. The van der Waals surface area contributed by atoms with E-state index in [-0.39, 0.29) is 0 Å². The molecule has 0 aliphatic rings. The van der Waals surface area contributed by atoms with Crippen LogP contribution in [0.2, 0.25) is 0 Å². The summed E-state index contributed by atoms with van der Waals surface area (Å²) in [6, 6.07) is 16.2. The van der Waals surface area contributed by atoms with E-state index in [1.807, 2.05) is 31.2 Å². The number of aryl methyl sites for hydroxylation is 1. The molecule has 0 saturated heterocycles. The zero-order chi connectivity index (χ0) is 17.9. The Morgan fingerprint density at radius 3 is 2.04 bits per heavy atom. The molecule has 0 atom stereocenters. The van der Waals surface area contributed by atoms with Crippen molar-refractivity contribution >= 4 is 33.5 Å². The summed E-state index contributed by atoms with van der Waals surface area (Å²) >= 11 is 3.25. The van der Waals surface area contributed by atoms with E-state index in [4.69, 9.17) is 4.74 Å². The number of nitrogens with zero attached hydrogens (tertiary/aromatic N) is 2. The smallest absolute Gasteiger partial charge is 0.187 e. The van der Waals surface area contributed by atoms with Gasteiger partial charge in [-0.15, -0.1) is 22.7 Å². The lowest BCUT2D eigenvalue weighted by molar-refractivity contribution is 0.415. The first-order chi connectivity index (χ1) is 12.7. The van der Waals surface area contributed by atoms with Crippen LogP contribution in [0.3, 0.4) is 0 Å². The SMILES string of the molecule is COc1ccc(-c2csc(Nc3ccc(-c4csc(C)n4)cc3)n2)cc1. The van der Waals surface area contributed by atoms with E-state index in [9.17, 15) is 0 Å². The number of thiazole rings is 2.